The van der Waals surface area contributed by atoms with Gasteiger partial charge in [-0.15, -0.1) is 0 Å². The molecule has 0 aliphatic carbocycles. The van der Waals surface area contributed by atoms with Crippen molar-refractivity contribution in [1.29, 1.82) is 0 Å². The van der Waals surface area contributed by atoms with Crippen LogP contribution in [-0.2, 0) is 9.53 Å². The predicted molar refractivity (Wildman–Crippen MR) is 101 cm³/mol. The first-order valence-electron chi connectivity index (χ1n) is 9.00. The maximum Gasteiger partial charge on any atom is 0.315 e. The van der Waals surface area contributed by atoms with E-state index in [1.165, 1.54) is 6.07 Å². The van der Waals surface area contributed by atoms with E-state index in [-0.39, 0.29) is 25.1 Å². The lowest BCUT2D eigenvalue weighted by molar-refractivity contribution is -0.119. The number of benzene rings is 1. The van der Waals surface area contributed by atoms with Crippen LogP contribution in [0, 0.1) is 5.82 Å². The SMILES string of the molecule is CCNC(=O)CNC(=O)NC[C@H](c1c(F)cccc1Cl)N1CCO[C@@H](C)C1. The molecule has 1 heterocycles. The number of ether oxygens (including phenoxy) is 1. The van der Waals surface area contributed by atoms with Crippen LogP contribution in [0.2, 0.25) is 5.02 Å². The van der Waals surface area contributed by atoms with E-state index in [4.69, 9.17) is 16.3 Å². The summed E-state index contributed by atoms with van der Waals surface area (Å²) in [6.07, 6.45) is -0.00151. The van der Waals surface area contributed by atoms with Gasteiger partial charge in [0.05, 0.1) is 25.3 Å². The first-order chi connectivity index (χ1) is 12.9. The highest BCUT2D eigenvalue weighted by Gasteiger charge is 2.29. The Bertz CT molecular complexity index is 641. The van der Waals surface area contributed by atoms with E-state index in [0.29, 0.717) is 36.8 Å². The van der Waals surface area contributed by atoms with E-state index in [9.17, 15) is 14.0 Å². The number of carbonyl (C=O) groups excluding carboxylic acids is 2. The minimum absolute atomic E-state index is 0.00151. The van der Waals surface area contributed by atoms with Crippen LogP contribution in [0.4, 0.5) is 9.18 Å². The largest absolute Gasteiger partial charge is 0.376 e. The highest BCUT2D eigenvalue weighted by atomic mass is 35.5. The molecule has 1 aromatic rings. The van der Waals surface area contributed by atoms with E-state index in [1.807, 2.05) is 11.8 Å². The first-order valence-corrected chi connectivity index (χ1v) is 9.38. The van der Waals surface area contributed by atoms with E-state index >= 15 is 0 Å². The van der Waals surface area contributed by atoms with Gasteiger partial charge < -0.3 is 20.7 Å². The Kier molecular flexibility index (Phi) is 8.27. The Labute approximate surface area is 163 Å². The molecule has 0 spiro atoms. The van der Waals surface area contributed by atoms with Crippen LogP contribution in [0.15, 0.2) is 18.2 Å². The number of nitrogens with one attached hydrogen (secondary N) is 3. The molecule has 9 heteroatoms. The van der Waals surface area contributed by atoms with Gasteiger partial charge in [-0.05, 0) is 26.0 Å². The summed E-state index contributed by atoms with van der Waals surface area (Å²) in [4.78, 5) is 25.5. The summed E-state index contributed by atoms with van der Waals surface area (Å²) < 4.78 is 20.0. The second-order valence-electron chi connectivity index (χ2n) is 6.34. The molecule has 0 aromatic heterocycles. The third-order valence-corrected chi connectivity index (χ3v) is 4.62. The molecule has 1 aliphatic rings. The molecular formula is C18H26ClFN4O3. The summed E-state index contributed by atoms with van der Waals surface area (Å²) >= 11 is 6.25. The van der Waals surface area contributed by atoms with E-state index < -0.39 is 17.9 Å². The third-order valence-electron chi connectivity index (χ3n) is 4.29. The molecule has 0 bridgehead atoms. The van der Waals surface area contributed by atoms with E-state index in [1.54, 1.807) is 19.1 Å². The second kappa shape index (κ2) is 10.4. The van der Waals surface area contributed by atoms with E-state index in [2.05, 4.69) is 16.0 Å². The molecule has 1 aromatic carbocycles. The number of carbonyl (C=O) groups is 2. The zero-order valence-electron chi connectivity index (χ0n) is 15.6. The number of urea groups is 1. The molecule has 3 N–H and O–H groups in total. The van der Waals surface area contributed by atoms with Gasteiger partial charge in [-0.25, -0.2) is 9.18 Å². The zero-order chi connectivity index (χ0) is 19.8. The second-order valence-corrected chi connectivity index (χ2v) is 6.75. The maximum absolute atomic E-state index is 14.5. The van der Waals surface area contributed by atoms with Crippen molar-refractivity contribution in [2.24, 2.45) is 0 Å². The maximum atomic E-state index is 14.5. The van der Waals surface area contributed by atoms with Crippen LogP contribution < -0.4 is 16.0 Å². The number of morpholine rings is 1. The molecule has 1 fully saturated rings. The Morgan fingerprint density at radius 1 is 1.37 bits per heavy atom. The summed E-state index contributed by atoms with van der Waals surface area (Å²) in [6, 6.07) is 3.59. The van der Waals surface area contributed by atoms with Crippen LogP contribution in [0.3, 0.4) is 0 Å². The fourth-order valence-corrected chi connectivity index (χ4v) is 3.33. The highest BCUT2D eigenvalue weighted by molar-refractivity contribution is 6.31. The van der Waals surface area contributed by atoms with Gasteiger partial charge in [0, 0.05) is 36.8 Å². The standard InChI is InChI=1S/C18H26ClFN4O3/c1-3-21-16(25)10-23-18(26)22-9-15(24-7-8-27-12(2)11-24)17-13(19)5-4-6-14(17)20/h4-6,12,15H,3,7-11H2,1-2H3,(H,21,25)(H2,22,23,26)/t12-,15+/m0/s1. The minimum Gasteiger partial charge on any atom is -0.376 e. The molecule has 2 atom stereocenters. The number of rotatable bonds is 7. The molecule has 1 aliphatic heterocycles. The summed E-state index contributed by atoms with van der Waals surface area (Å²) in [5.41, 5.74) is 0.345. The fourth-order valence-electron chi connectivity index (χ4n) is 3.04. The molecule has 0 saturated carbocycles. The molecule has 0 radical (unpaired) electrons. The zero-order valence-corrected chi connectivity index (χ0v) is 16.3. The van der Waals surface area contributed by atoms with Gasteiger partial charge in [0.25, 0.3) is 0 Å². The van der Waals surface area contributed by atoms with Crippen LogP contribution in [0.1, 0.15) is 25.5 Å². The van der Waals surface area contributed by atoms with E-state index in [0.717, 1.165) is 0 Å². The van der Waals surface area contributed by atoms with Gasteiger partial charge in [-0.1, -0.05) is 17.7 Å². The van der Waals surface area contributed by atoms with Gasteiger partial charge >= 0.3 is 6.03 Å². The summed E-state index contributed by atoms with van der Waals surface area (Å²) in [5, 5.41) is 8.09. The summed E-state index contributed by atoms with van der Waals surface area (Å²) in [5.74, 6) is -0.695. The van der Waals surface area contributed by atoms with Gasteiger partial charge in [0.15, 0.2) is 0 Å². The van der Waals surface area contributed by atoms with Gasteiger partial charge in [0.2, 0.25) is 5.91 Å². The van der Waals surface area contributed by atoms with Crippen LogP contribution in [0.25, 0.3) is 0 Å². The molecule has 1 saturated heterocycles. The fraction of sp³-hybridized carbons (Fsp3) is 0.556. The number of hydrogen-bond donors (Lipinski definition) is 3. The lowest BCUT2D eigenvalue weighted by Gasteiger charge is -2.38. The molecule has 2 rings (SSSR count). The van der Waals surface area contributed by atoms with Crippen molar-refractivity contribution in [3.63, 3.8) is 0 Å². The number of nitrogens with zero attached hydrogens (tertiary/aromatic N) is 1. The van der Waals surface area contributed by atoms with Crippen LogP contribution in [-0.4, -0.2) is 62.3 Å². The van der Waals surface area contributed by atoms with Crippen molar-refractivity contribution >= 4 is 23.5 Å². The van der Waals surface area contributed by atoms with Crippen molar-refractivity contribution < 1.29 is 18.7 Å². The van der Waals surface area contributed by atoms with Crippen molar-refractivity contribution in [2.75, 3.05) is 39.3 Å². The molecule has 3 amide bonds. The Morgan fingerprint density at radius 2 is 2.15 bits per heavy atom. The Hall–Kier alpha value is -1.90. The number of hydrogen-bond acceptors (Lipinski definition) is 4. The summed E-state index contributed by atoms with van der Waals surface area (Å²) in [7, 11) is 0. The third kappa shape index (κ3) is 6.34. The normalized spacial score (nSPS) is 18.6. The van der Waals surface area contributed by atoms with Crippen LogP contribution >= 0.6 is 11.6 Å². The van der Waals surface area contributed by atoms with Gasteiger partial charge in [-0.2, -0.15) is 0 Å². The molecule has 150 valence electrons. The number of likely N-dealkylation sites (N-methyl/N-ethyl adjacent to an activating group) is 1. The lowest BCUT2D eigenvalue weighted by atomic mass is 10.0. The summed E-state index contributed by atoms with van der Waals surface area (Å²) in [6.45, 7) is 5.97. The van der Waals surface area contributed by atoms with Gasteiger partial charge in [0.1, 0.15) is 5.82 Å². The minimum atomic E-state index is -0.500. The van der Waals surface area contributed by atoms with Gasteiger partial charge in [-0.3, -0.25) is 9.69 Å². The van der Waals surface area contributed by atoms with Crippen molar-refractivity contribution in [3.8, 4) is 0 Å². The highest BCUT2D eigenvalue weighted by Crippen LogP contribution is 2.30. The molecular weight excluding hydrogens is 375 g/mol. The van der Waals surface area contributed by atoms with Crippen molar-refractivity contribution in [3.05, 3.63) is 34.6 Å². The predicted octanol–water partition coefficient (Wildman–Crippen LogP) is 1.68. The van der Waals surface area contributed by atoms with Crippen molar-refractivity contribution in [2.45, 2.75) is 26.0 Å². The average molecular weight is 401 g/mol. The smallest absolute Gasteiger partial charge is 0.315 e. The molecule has 27 heavy (non-hydrogen) atoms. The molecule has 7 nitrogen and oxygen atoms in total. The average Bonchev–Trinajstić information content (AvgIpc) is 2.62. The monoisotopic (exact) mass is 400 g/mol. The topological polar surface area (TPSA) is 82.7 Å². The quantitative estimate of drug-likeness (QED) is 0.650. The molecule has 0 unspecified atom stereocenters. The first kappa shape index (κ1) is 21.4. The van der Waals surface area contributed by atoms with Crippen molar-refractivity contribution in [1.82, 2.24) is 20.9 Å². The number of amides is 3. The Morgan fingerprint density at radius 3 is 2.81 bits per heavy atom. The lowest BCUT2D eigenvalue weighted by Crippen LogP contribution is -2.49. The number of halogens is 2. The van der Waals surface area contributed by atoms with Crippen LogP contribution in [0.5, 0.6) is 0 Å². The Balaban J connectivity index is 2.07.